The Kier molecular flexibility index (Phi) is 5.67. The number of nitrogens with one attached hydrogen (secondary N) is 1. The maximum Gasteiger partial charge on any atom is 0.142 e. The molecule has 0 bridgehead atoms. The summed E-state index contributed by atoms with van der Waals surface area (Å²) in [5.41, 5.74) is 0.820. The van der Waals surface area contributed by atoms with Crippen molar-refractivity contribution in [1.29, 1.82) is 0 Å². The predicted octanol–water partition coefficient (Wildman–Crippen LogP) is 4.12. The second-order valence-corrected chi connectivity index (χ2v) is 6.32. The van der Waals surface area contributed by atoms with Crippen LogP contribution in [0.25, 0.3) is 0 Å². The van der Waals surface area contributed by atoms with Crippen molar-refractivity contribution in [2.45, 2.75) is 25.8 Å². The molecule has 0 aromatic heterocycles. The summed E-state index contributed by atoms with van der Waals surface area (Å²) in [6, 6.07) is 3.08. The van der Waals surface area contributed by atoms with E-state index in [2.05, 4.69) is 17.1 Å². The van der Waals surface area contributed by atoms with Crippen LogP contribution in [0.1, 0.15) is 31.4 Å². The van der Waals surface area contributed by atoms with Gasteiger partial charge in [-0.1, -0.05) is 23.2 Å². The van der Waals surface area contributed by atoms with Gasteiger partial charge in [0, 0.05) is 11.1 Å². The van der Waals surface area contributed by atoms with E-state index < -0.39 is 5.82 Å². The standard InChI is InChI=1S/C15H21Cl2FN2/c1-10(12-7-15(18)14(17)8-13(12)16)20-5-3-11(4-6-20)9-19-2/h7-8,10-11,19H,3-6,9H2,1-2H3. The molecule has 1 heterocycles. The van der Waals surface area contributed by atoms with Crippen LogP contribution >= 0.6 is 23.2 Å². The molecule has 0 spiro atoms. The largest absolute Gasteiger partial charge is 0.319 e. The first-order chi connectivity index (χ1) is 9.52. The van der Waals surface area contributed by atoms with Gasteiger partial charge < -0.3 is 5.32 Å². The van der Waals surface area contributed by atoms with Crippen LogP contribution < -0.4 is 5.32 Å². The van der Waals surface area contributed by atoms with Crippen molar-refractivity contribution in [3.8, 4) is 0 Å². The van der Waals surface area contributed by atoms with Crippen LogP contribution in [-0.2, 0) is 0 Å². The zero-order chi connectivity index (χ0) is 14.7. The third-order valence-corrected chi connectivity index (χ3v) is 4.80. The van der Waals surface area contributed by atoms with Gasteiger partial charge in [0.05, 0.1) is 5.02 Å². The minimum absolute atomic E-state index is 0.0821. The van der Waals surface area contributed by atoms with E-state index in [4.69, 9.17) is 23.2 Å². The monoisotopic (exact) mass is 318 g/mol. The van der Waals surface area contributed by atoms with Crippen molar-refractivity contribution >= 4 is 23.2 Å². The molecule has 2 rings (SSSR count). The number of likely N-dealkylation sites (tertiary alicyclic amines) is 1. The van der Waals surface area contributed by atoms with E-state index >= 15 is 0 Å². The van der Waals surface area contributed by atoms with E-state index in [1.807, 2.05) is 7.05 Å². The van der Waals surface area contributed by atoms with Crippen LogP contribution in [0.15, 0.2) is 12.1 Å². The summed E-state index contributed by atoms with van der Waals surface area (Å²) in [5.74, 6) is 0.337. The van der Waals surface area contributed by atoms with Gasteiger partial charge in [0.15, 0.2) is 0 Å². The normalized spacial score (nSPS) is 19.2. The van der Waals surface area contributed by atoms with Crippen LogP contribution in [0.2, 0.25) is 10.0 Å². The first-order valence-electron chi connectivity index (χ1n) is 7.06. The molecule has 0 radical (unpaired) electrons. The molecule has 2 nitrogen and oxygen atoms in total. The molecular formula is C15H21Cl2FN2. The lowest BCUT2D eigenvalue weighted by Crippen LogP contribution is -2.38. The lowest BCUT2D eigenvalue weighted by molar-refractivity contribution is 0.141. The summed E-state index contributed by atoms with van der Waals surface area (Å²) in [6.45, 7) is 5.19. The number of halogens is 3. The van der Waals surface area contributed by atoms with Gasteiger partial charge in [-0.3, -0.25) is 4.90 Å². The number of benzene rings is 1. The SMILES string of the molecule is CNCC1CCN(C(C)c2cc(F)c(Cl)cc2Cl)CC1. The highest BCUT2D eigenvalue weighted by Crippen LogP contribution is 2.33. The molecule has 0 aliphatic carbocycles. The Morgan fingerprint density at radius 2 is 1.95 bits per heavy atom. The van der Waals surface area contributed by atoms with Gasteiger partial charge in [0.25, 0.3) is 0 Å². The Labute approximate surface area is 130 Å². The number of hydrogen-bond acceptors (Lipinski definition) is 2. The zero-order valence-corrected chi connectivity index (χ0v) is 13.4. The van der Waals surface area contributed by atoms with Gasteiger partial charge in [-0.25, -0.2) is 4.39 Å². The fraction of sp³-hybridized carbons (Fsp3) is 0.600. The van der Waals surface area contributed by atoms with E-state index in [9.17, 15) is 4.39 Å². The highest BCUT2D eigenvalue weighted by Gasteiger charge is 2.25. The highest BCUT2D eigenvalue weighted by atomic mass is 35.5. The summed E-state index contributed by atoms with van der Waals surface area (Å²) in [5, 5.41) is 3.86. The van der Waals surface area contributed by atoms with E-state index in [0.29, 0.717) is 5.02 Å². The van der Waals surface area contributed by atoms with Crippen LogP contribution in [0, 0.1) is 11.7 Å². The first-order valence-corrected chi connectivity index (χ1v) is 7.81. The number of hydrogen-bond donors (Lipinski definition) is 1. The predicted molar refractivity (Wildman–Crippen MR) is 83.1 cm³/mol. The molecule has 1 aromatic rings. The third-order valence-electron chi connectivity index (χ3n) is 4.18. The summed E-state index contributed by atoms with van der Waals surface area (Å²) >= 11 is 12.0. The summed E-state index contributed by atoms with van der Waals surface area (Å²) in [6.07, 6.45) is 2.33. The molecule has 1 saturated heterocycles. The van der Waals surface area contributed by atoms with Crippen LogP contribution in [-0.4, -0.2) is 31.6 Å². The molecular weight excluding hydrogens is 298 g/mol. The Hall–Kier alpha value is -0.350. The van der Waals surface area contributed by atoms with Crippen molar-refractivity contribution in [1.82, 2.24) is 10.2 Å². The first kappa shape index (κ1) is 16.0. The van der Waals surface area contributed by atoms with E-state index in [0.717, 1.165) is 31.1 Å². The van der Waals surface area contributed by atoms with Crippen molar-refractivity contribution in [3.63, 3.8) is 0 Å². The molecule has 0 amide bonds. The third kappa shape index (κ3) is 3.64. The molecule has 1 N–H and O–H groups in total. The van der Waals surface area contributed by atoms with Crippen molar-refractivity contribution in [2.24, 2.45) is 5.92 Å². The molecule has 20 heavy (non-hydrogen) atoms. The fourth-order valence-electron chi connectivity index (χ4n) is 2.89. The molecule has 1 aliphatic heterocycles. The lowest BCUT2D eigenvalue weighted by atomic mass is 9.94. The minimum atomic E-state index is -0.400. The van der Waals surface area contributed by atoms with Crippen LogP contribution in [0.3, 0.4) is 0 Å². The molecule has 1 atom stereocenters. The second kappa shape index (κ2) is 7.08. The topological polar surface area (TPSA) is 15.3 Å². The average molecular weight is 319 g/mol. The minimum Gasteiger partial charge on any atom is -0.319 e. The van der Waals surface area contributed by atoms with Gasteiger partial charge in [-0.2, -0.15) is 0 Å². The zero-order valence-electron chi connectivity index (χ0n) is 11.9. The maximum atomic E-state index is 13.6. The number of nitrogens with zero attached hydrogens (tertiary/aromatic N) is 1. The Morgan fingerprint density at radius 3 is 2.55 bits per heavy atom. The van der Waals surface area contributed by atoms with Crippen molar-refractivity contribution in [3.05, 3.63) is 33.6 Å². The summed E-state index contributed by atoms with van der Waals surface area (Å²) in [7, 11) is 1.99. The number of piperidine rings is 1. The Morgan fingerprint density at radius 1 is 1.30 bits per heavy atom. The van der Waals surface area contributed by atoms with Gasteiger partial charge in [-0.15, -0.1) is 0 Å². The van der Waals surface area contributed by atoms with Gasteiger partial charge in [0.2, 0.25) is 0 Å². The van der Waals surface area contributed by atoms with Crippen LogP contribution in [0.4, 0.5) is 4.39 Å². The molecule has 5 heteroatoms. The Bertz CT molecular complexity index is 459. The quantitative estimate of drug-likeness (QED) is 0.840. The molecule has 1 aliphatic rings. The average Bonchev–Trinajstić information content (AvgIpc) is 2.43. The smallest absolute Gasteiger partial charge is 0.142 e. The van der Waals surface area contributed by atoms with Crippen LogP contribution in [0.5, 0.6) is 0 Å². The van der Waals surface area contributed by atoms with Crippen molar-refractivity contribution < 1.29 is 4.39 Å². The maximum absolute atomic E-state index is 13.6. The molecule has 112 valence electrons. The summed E-state index contributed by atoms with van der Waals surface area (Å²) < 4.78 is 13.6. The van der Waals surface area contributed by atoms with Gasteiger partial charge in [0.1, 0.15) is 5.82 Å². The van der Waals surface area contributed by atoms with E-state index in [-0.39, 0.29) is 11.1 Å². The van der Waals surface area contributed by atoms with Gasteiger partial charge in [-0.05, 0) is 70.1 Å². The highest BCUT2D eigenvalue weighted by molar-refractivity contribution is 6.35. The molecule has 1 fully saturated rings. The van der Waals surface area contributed by atoms with E-state index in [1.165, 1.54) is 25.0 Å². The Balaban J connectivity index is 2.05. The van der Waals surface area contributed by atoms with E-state index in [1.54, 1.807) is 0 Å². The molecule has 1 aromatic carbocycles. The summed E-state index contributed by atoms with van der Waals surface area (Å²) in [4.78, 5) is 2.36. The second-order valence-electron chi connectivity index (χ2n) is 5.50. The van der Waals surface area contributed by atoms with Gasteiger partial charge >= 0.3 is 0 Å². The fourth-order valence-corrected chi connectivity index (χ4v) is 3.43. The lowest BCUT2D eigenvalue weighted by Gasteiger charge is -2.36. The molecule has 0 saturated carbocycles. The molecule has 1 unspecified atom stereocenters. The van der Waals surface area contributed by atoms with Crippen molar-refractivity contribution in [2.75, 3.05) is 26.7 Å². The number of rotatable bonds is 4.